The van der Waals surface area contributed by atoms with Gasteiger partial charge in [-0.25, -0.2) is 4.98 Å². The van der Waals surface area contributed by atoms with Crippen LogP contribution in [0.15, 0.2) is 72.8 Å². The van der Waals surface area contributed by atoms with Gasteiger partial charge in [-0.3, -0.25) is 0 Å². The molecule has 3 N–H and O–H groups in total. The van der Waals surface area contributed by atoms with Gasteiger partial charge in [0.15, 0.2) is 0 Å². The van der Waals surface area contributed by atoms with Crippen LogP contribution in [0.5, 0.6) is 0 Å². The van der Waals surface area contributed by atoms with Crippen LogP contribution in [0.2, 0.25) is 0 Å². The average molecular weight is 538 g/mol. The molecule has 32 heavy (non-hydrogen) atoms. The van der Waals surface area contributed by atoms with Gasteiger partial charge in [-0.1, -0.05) is 28.9 Å². The Kier molecular flexibility index (Phi) is 7.99. The van der Waals surface area contributed by atoms with Gasteiger partial charge in [0.05, 0.1) is 16.0 Å². The van der Waals surface area contributed by atoms with Gasteiger partial charge in [-0.15, -0.1) is 3.77 Å². The minimum atomic E-state index is -3.75. The Bertz CT molecular complexity index is 1230. The standard InChI is InChI=1S/C21H24BrN5O3S2/c1-14-6-4-5-7-19(14)32(29,30)27-31(3)17-10-8-16(9-11-17)25-21-23-12-18(22)20(26-21)24-15(2)13-28/h4-12,15,28H,13H2,1-3H3,(H2,23,24,25,26)/t15-,31?/m1/s1. The van der Waals surface area contributed by atoms with Crippen molar-refractivity contribution in [2.24, 2.45) is 3.77 Å². The molecule has 0 bridgehead atoms. The molecule has 1 unspecified atom stereocenters. The van der Waals surface area contributed by atoms with E-state index in [1.54, 1.807) is 43.6 Å². The van der Waals surface area contributed by atoms with Crippen molar-refractivity contribution in [3.8, 4) is 0 Å². The highest BCUT2D eigenvalue weighted by Crippen LogP contribution is 2.24. The Balaban J connectivity index is 1.77. The van der Waals surface area contributed by atoms with Crippen molar-refractivity contribution < 1.29 is 13.5 Å². The van der Waals surface area contributed by atoms with Crippen molar-refractivity contribution in [2.45, 2.75) is 29.7 Å². The summed E-state index contributed by atoms with van der Waals surface area (Å²) >= 11 is 3.39. The zero-order chi connectivity index (χ0) is 23.3. The minimum Gasteiger partial charge on any atom is -0.394 e. The number of hydrogen-bond donors (Lipinski definition) is 3. The number of aliphatic hydroxyl groups excluding tert-OH is 1. The van der Waals surface area contributed by atoms with Gasteiger partial charge in [0.2, 0.25) is 5.95 Å². The van der Waals surface area contributed by atoms with Gasteiger partial charge >= 0.3 is 0 Å². The third-order valence-electron chi connectivity index (χ3n) is 4.43. The molecule has 0 saturated heterocycles. The second-order valence-electron chi connectivity index (χ2n) is 7.06. The van der Waals surface area contributed by atoms with Crippen molar-refractivity contribution in [2.75, 3.05) is 23.5 Å². The molecule has 0 saturated carbocycles. The first-order valence-corrected chi connectivity index (χ1v) is 13.5. The van der Waals surface area contributed by atoms with Crippen LogP contribution in [0.4, 0.5) is 17.5 Å². The van der Waals surface area contributed by atoms with Gasteiger partial charge < -0.3 is 15.7 Å². The molecular weight excluding hydrogens is 514 g/mol. The van der Waals surface area contributed by atoms with E-state index >= 15 is 0 Å². The highest BCUT2D eigenvalue weighted by Gasteiger charge is 2.16. The summed E-state index contributed by atoms with van der Waals surface area (Å²) in [6, 6.07) is 14.0. The van der Waals surface area contributed by atoms with Crippen LogP contribution in [0.1, 0.15) is 12.5 Å². The van der Waals surface area contributed by atoms with Crippen LogP contribution in [0, 0.1) is 6.92 Å². The lowest BCUT2D eigenvalue weighted by molar-refractivity contribution is 0.281. The van der Waals surface area contributed by atoms with Crippen LogP contribution in [-0.4, -0.2) is 42.4 Å². The Morgan fingerprint density at radius 1 is 1.19 bits per heavy atom. The highest BCUT2D eigenvalue weighted by molar-refractivity contribution is 9.10. The maximum Gasteiger partial charge on any atom is 0.288 e. The van der Waals surface area contributed by atoms with Gasteiger partial charge in [0, 0.05) is 22.8 Å². The van der Waals surface area contributed by atoms with Crippen molar-refractivity contribution in [3.63, 3.8) is 0 Å². The molecule has 0 radical (unpaired) electrons. The molecule has 0 amide bonds. The van der Waals surface area contributed by atoms with E-state index < -0.39 is 20.7 Å². The van der Waals surface area contributed by atoms with Crippen LogP contribution < -0.4 is 10.6 Å². The summed E-state index contributed by atoms with van der Waals surface area (Å²) in [6.07, 6.45) is 3.39. The third-order valence-corrected chi connectivity index (χ3v) is 8.66. The number of aromatic nitrogens is 2. The van der Waals surface area contributed by atoms with E-state index in [-0.39, 0.29) is 17.5 Å². The second kappa shape index (κ2) is 10.5. The Labute approximate surface area is 198 Å². The molecule has 170 valence electrons. The number of hydrogen-bond acceptors (Lipinski definition) is 7. The first-order chi connectivity index (χ1) is 15.2. The fraction of sp³-hybridized carbons (Fsp3) is 0.238. The average Bonchev–Trinajstić information content (AvgIpc) is 2.76. The van der Waals surface area contributed by atoms with E-state index in [4.69, 9.17) is 0 Å². The number of halogens is 1. The smallest absolute Gasteiger partial charge is 0.288 e. The van der Waals surface area contributed by atoms with E-state index in [2.05, 4.69) is 40.3 Å². The summed E-state index contributed by atoms with van der Waals surface area (Å²) in [7, 11) is -4.59. The first kappa shape index (κ1) is 24.3. The van der Waals surface area contributed by atoms with Gasteiger partial charge in [-0.05, 0) is 71.9 Å². The molecule has 2 atom stereocenters. The molecule has 0 fully saturated rings. The number of sulfonamides is 1. The Morgan fingerprint density at radius 2 is 1.88 bits per heavy atom. The fourth-order valence-corrected chi connectivity index (χ4v) is 6.15. The maximum absolute atomic E-state index is 12.7. The second-order valence-corrected chi connectivity index (χ2v) is 11.3. The number of nitrogens with zero attached hydrogens (tertiary/aromatic N) is 3. The van der Waals surface area contributed by atoms with Crippen LogP contribution in [-0.2, 0) is 20.7 Å². The monoisotopic (exact) mass is 537 g/mol. The highest BCUT2D eigenvalue weighted by atomic mass is 79.9. The molecule has 3 rings (SSSR count). The predicted molar refractivity (Wildman–Crippen MR) is 132 cm³/mol. The topological polar surface area (TPSA) is 117 Å². The van der Waals surface area contributed by atoms with Gasteiger partial charge in [0.1, 0.15) is 5.82 Å². The molecule has 0 aliphatic rings. The SMILES string of the molecule is Cc1ccccc1S(=O)(=O)N=S(C)c1ccc(Nc2ncc(Br)c(N[C@H](C)CO)n2)cc1. The van der Waals surface area contributed by atoms with Crippen LogP contribution >= 0.6 is 15.9 Å². The number of anilines is 3. The molecule has 1 heterocycles. The summed E-state index contributed by atoms with van der Waals surface area (Å²) < 4.78 is 30.2. The summed E-state index contributed by atoms with van der Waals surface area (Å²) in [5.74, 6) is 0.951. The fourth-order valence-electron chi connectivity index (χ4n) is 2.75. The number of nitrogens with one attached hydrogen (secondary N) is 2. The van der Waals surface area contributed by atoms with Crippen molar-refractivity contribution in [1.82, 2.24) is 9.97 Å². The summed E-state index contributed by atoms with van der Waals surface area (Å²) in [6.45, 7) is 3.57. The quantitative estimate of drug-likeness (QED) is 0.392. The zero-order valence-electron chi connectivity index (χ0n) is 17.8. The van der Waals surface area contributed by atoms with Crippen LogP contribution in [0.25, 0.3) is 0 Å². The molecule has 0 spiro atoms. The summed E-state index contributed by atoms with van der Waals surface area (Å²) in [5, 5.41) is 15.4. The largest absolute Gasteiger partial charge is 0.394 e. The maximum atomic E-state index is 12.7. The summed E-state index contributed by atoms with van der Waals surface area (Å²) in [4.78, 5) is 9.69. The molecular formula is C21H24BrN5O3S2. The van der Waals surface area contributed by atoms with Crippen molar-refractivity contribution in [3.05, 3.63) is 64.8 Å². The molecule has 0 aliphatic heterocycles. The Hall–Kier alpha value is -2.34. The van der Waals surface area contributed by atoms with E-state index in [0.29, 0.717) is 21.8 Å². The lowest BCUT2D eigenvalue weighted by Gasteiger charge is -2.14. The Morgan fingerprint density at radius 3 is 2.53 bits per heavy atom. The van der Waals surface area contributed by atoms with Crippen molar-refractivity contribution >= 4 is 54.1 Å². The van der Waals surface area contributed by atoms with Gasteiger partial charge in [0.25, 0.3) is 10.0 Å². The first-order valence-electron chi connectivity index (χ1n) is 9.66. The zero-order valence-corrected chi connectivity index (χ0v) is 21.0. The number of benzene rings is 2. The minimum absolute atomic E-state index is 0.0236. The molecule has 2 aromatic carbocycles. The molecule has 8 nitrogen and oxygen atoms in total. The van der Waals surface area contributed by atoms with E-state index in [1.807, 2.05) is 31.2 Å². The van der Waals surface area contributed by atoms with E-state index in [9.17, 15) is 13.5 Å². The number of rotatable bonds is 8. The molecule has 11 heteroatoms. The lowest BCUT2D eigenvalue weighted by atomic mass is 10.2. The predicted octanol–water partition coefficient (Wildman–Crippen LogP) is 4.26. The number of aliphatic hydroxyl groups is 1. The van der Waals surface area contributed by atoms with E-state index in [1.165, 1.54) is 0 Å². The van der Waals surface area contributed by atoms with Crippen LogP contribution in [0.3, 0.4) is 0 Å². The third kappa shape index (κ3) is 6.12. The molecule has 1 aromatic heterocycles. The van der Waals surface area contributed by atoms with Crippen molar-refractivity contribution in [1.29, 1.82) is 0 Å². The van der Waals surface area contributed by atoms with E-state index in [0.717, 1.165) is 10.6 Å². The molecule has 3 aromatic rings. The van der Waals surface area contributed by atoms with Gasteiger partial charge in [-0.2, -0.15) is 13.4 Å². The lowest BCUT2D eigenvalue weighted by Crippen LogP contribution is -2.20. The molecule has 0 aliphatic carbocycles. The normalized spacial score (nSPS) is 13.5. The number of aryl methyl sites for hydroxylation is 1. The summed E-state index contributed by atoms with van der Waals surface area (Å²) in [5.41, 5.74) is 1.42.